The molecule has 9 heteroatoms. The molecule has 1 heterocycles. The Bertz CT molecular complexity index is 491. The number of hydrogen-bond acceptors (Lipinski definition) is 7. The highest BCUT2D eigenvalue weighted by Crippen LogP contribution is 2.21. The van der Waals surface area contributed by atoms with Crippen molar-refractivity contribution >= 4 is 23.9 Å². The molecular formula is C14H23N3O6. The van der Waals surface area contributed by atoms with Gasteiger partial charge in [0.2, 0.25) is 5.91 Å². The fraction of sp³-hybridized carbons (Fsp3) is 0.714. The number of piperidine rings is 1. The van der Waals surface area contributed by atoms with Crippen LogP contribution in [0.3, 0.4) is 0 Å². The molecule has 130 valence electrons. The van der Waals surface area contributed by atoms with Gasteiger partial charge in [-0.05, 0) is 33.6 Å². The van der Waals surface area contributed by atoms with Crippen LogP contribution in [0.15, 0.2) is 0 Å². The number of amides is 3. The first-order valence-corrected chi connectivity index (χ1v) is 7.25. The molecule has 0 saturated carbocycles. The first-order valence-electron chi connectivity index (χ1n) is 7.25. The van der Waals surface area contributed by atoms with Crippen LogP contribution in [0, 0.1) is 5.92 Å². The Kier molecular flexibility index (Phi) is 6.08. The maximum absolute atomic E-state index is 12.1. The van der Waals surface area contributed by atoms with Gasteiger partial charge in [-0.1, -0.05) is 0 Å². The number of hydrogen-bond donors (Lipinski definition) is 1. The van der Waals surface area contributed by atoms with Gasteiger partial charge in [-0.15, -0.1) is 0 Å². The van der Waals surface area contributed by atoms with E-state index in [9.17, 15) is 19.2 Å². The van der Waals surface area contributed by atoms with Crippen molar-refractivity contribution < 1.29 is 28.7 Å². The number of likely N-dealkylation sites (tertiary alicyclic amines) is 1. The summed E-state index contributed by atoms with van der Waals surface area (Å²) in [6.07, 6.45) is 0.221. The van der Waals surface area contributed by atoms with Gasteiger partial charge in [0.15, 0.2) is 0 Å². The number of methoxy groups -OCH3 is 1. The van der Waals surface area contributed by atoms with E-state index in [2.05, 4.69) is 4.74 Å². The minimum Gasteiger partial charge on any atom is -0.462 e. The zero-order valence-corrected chi connectivity index (χ0v) is 13.8. The molecule has 0 unspecified atom stereocenters. The molecule has 0 aromatic carbocycles. The Morgan fingerprint density at radius 1 is 1.13 bits per heavy atom. The third kappa shape index (κ3) is 5.20. The fourth-order valence-corrected chi connectivity index (χ4v) is 2.12. The second-order valence-electron chi connectivity index (χ2n) is 6.25. The van der Waals surface area contributed by atoms with Gasteiger partial charge in [0.1, 0.15) is 5.60 Å². The van der Waals surface area contributed by atoms with Gasteiger partial charge >= 0.3 is 18.0 Å². The van der Waals surface area contributed by atoms with Gasteiger partial charge < -0.3 is 14.4 Å². The Hall–Kier alpha value is -2.16. The minimum absolute atomic E-state index is 0.277. The number of carbonyl (C=O) groups is 4. The molecule has 1 saturated heterocycles. The quantitative estimate of drug-likeness (QED) is 0.237. The fourth-order valence-electron chi connectivity index (χ4n) is 2.12. The van der Waals surface area contributed by atoms with Crippen LogP contribution in [-0.4, -0.2) is 59.6 Å². The molecule has 1 aliphatic heterocycles. The highest BCUT2D eigenvalue weighted by molar-refractivity contribution is 6.35. The van der Waals surface area contributed by atoms with E-state index in [1.807, 2.05) is 0 Å². The minimum atomic E-state index is -1.22. The molecule has 0 aliphatic carbocycles. The van der Waals surface area contributed by atoms with Gasteiger partial charge in [-0.25, -0.2) is 20.4 Å². The third-order valence-corrected chi connectivity index (χ3v) is 3.31. The predicted octanol–water partition coefficient (Wildman–Crippen LogP) is 0.0354. The lowest BCUT2D eigenvalue weighted by atomic mass is 9.96. The van der Waals surface area contributed by atoms with E-state index in [-0.39, 0.29) is 5.01 Å². The Morgan fingerprint density at radius 3 is 2.09 bits per heavy atom. The number of nitrogens with zero attached hydrogens (tertiary/aromatic N) is 2. The zero-order chi connectivity index (χ0) is 17.8. The van der Waals surface area contributed by atoms with E-state index in [0.717, 1.165) is 7.11 Å². The van der Waals surface area contributed by atoms with Crippen molar-refractivity contribution in [3.63, 3.8) is 0 Å². The largest absolute Gasteiger partial charge is 0.462 e. The smallest absolute Gasteiger partial charge is 0.410 e. The van der Waals surface area contributed by atoms with Crippen molar-refractivity contribution in [2.24, 2.45) is 11.8 Å². The predicted molar refractivity (Wildman–Crippen MR) is 78.6 cm³/mol. The molecular weight excluding hydrogens is 306 g/mol. The number of carbonyl (C=O) groups excluding carboxylic acids is 4. The van der Waals surface area contributed by atoms with Crippen LogP contribution in [0.4, 0.5) is 4.79 Å². The summed E-state index contributed by atoms with van der Waals surface area (Å²) >= 11 is 0. The van der Waals surface area contributed by atoms with E-state index in [0.29, 0.717) is 25.9 Å². The highest BCUT2D eigenvalue weighted by Gasteiger charge is 2.35. The summed E-state index contributed by atoms with van der Waals surface area (Å²) in [5.41, 5.74) is -0.593. The lowest BCUT2D eigenvalue weighted by Gasteiger charge is -2.33. The standard InChI is InChI=1S/C14H23N3O6/c1-14(2,3)23-13(21)16-7-5-9(6-8-16)10(18)17(15)11(19)12(20)22-4/h9H,5-8,15H2,1-4H3. The maximum Gasteiger partial charge on any atom is 0.410 e. The van der Waals surface area contributed by atoms with E-state index >= 15 is 0 Å². The molecule has 2 N–H and O–H groups in total. The molecule has 0 radical (unpaired) electrons. The van der Waals surface area contributed by atoms with Gasteiger partial charge in [-0.2, -0.15) is 0 Å². The average molecular weight is 329 g/mol. The summed E-state index contributed by atoms with van der Waals surface area (Å²) in [6.45, 7) is 5.93. The topological polar surface area (TPSA) is 119 Å². The number of esters is 1. The molecule has 1 rings (SSSR count). The van der Waals surface area contributed by atoms with Gasteiger partial charge in [-0.3, -0.25) is 9.59 Å². The van der Waals surface area contributed by atoms with Gasteiger partial charge in [0.05, 0.1) is 7.11 Å². The summed E-state index contributed by atoms with van der Waals surface area (Å²) < 4.78 is 9.49. The van der Waals surface area contributed by atoms with E-state index in [4.69, 9.17) is 10.6 Å². The molecule has 0 spiro atoms. The van der Waals surface area contributed by atoms with E-state index in [1.54, 1.807) is 20.8 Å². The Balaban J connectivity index is 2.56. The van der Waals surface area contributed by atoms with Gasteiger partial charge in [0, 0.05) is 19.0 Å². The molecule has 0 bridgehead atoms. The van der Waals surface area contributed by atoms with Crippen LogP contribution in [0.2, 0.25) is 0 Å². The Labute approximate surface area is 134 Å². The summed E-state index contributed by atoms with van der Waals surface area (Å²) in [5.74, 6) is 1.76. The summed E-state index contributed by atoms with van der Waals surface area (Å²) in [4.78, 5) is 48.1. The van der Waals surface area contributed by atoms with Crippen molar-refractivity contribution in [2.75, 3.05) is 20.2 Å². The summed E-state index contributed by atoms with van der Waals surface area (Å²) in [6, 6.07) is 0. The number of imide groups is 1. The maximum atomic E-state index is 12.1. The van der Waals surface area contributed by atoms with Crippen LogP contribution >= 0.6 is 0 Å². The van der Waals surface area contributed by atoms with Crippen LogP contribution in [0.1, 0.15) is 33.6 Å². The first kappa shape index (κ1) is 18.9. The Morgan fingerprint density at radius 2 is 1.65 bits per heavy atom. The van der Waals surface area contributed by atoms with E-state index in [1.165, 1.54) is 4.90 Å². The number of nitrogens with two attached hydrogens (primary N) is 1. The van der Waals surface area contributed by atoms with Crippen molar-refractivity contribution in [1.29, 1.82) is 0 Å². The SMILES string of the molecule is COC(=O)C(=O)N(N)C(=O)C1CCN(C(=O)OC(C)(C)C)CC1. The normalized spacial score (nSPS) is 15.8. The zero-order valence-electron chi connectivity index (χ0n) is 13.8. The lowest BCUT2D eigenvalue weighted by molar-refractivity contribution is -0.163. The second kappa shape index (κ2) is 7.40. The molecule has 23 heavy (non-hydrogen) atoms. The molecule has 0 aromatic heterocycles. The molecule has 9 nitrogen and oxygen atoms in total. The van der Waals surface area contributed by atoms with E-state index < -0.39 is 35.4 Å². The monoisotopic (exact) mass is 329 g/mol. The third-order valence-electron chi connectivity index (χ3n) is 3.31. The average Bonchev–Trinajstić information content (AvgIpc) is 2.50. The van der Waals surface area contributed by atoms with Crippen molar-refractivity contribution in [3.8, 4) is 0 Å². The number of hydrazine groups is 1. The van der Waals surface area contributed by atoms with Crippen molar-refractivity contribution in [2.45, 2.75) is 39.2 Å². The first-order chi connectivity index (χ1) is 10.6. The summed E-state index contributed by atoms with van der Waals surface area (Å²) in [7, 11) is 1.03. The van der Waals surface area contributed by atoms with Crippen LogP contribution in [-0.2, 0) is 23.9 Å². The van der Waals surface area contributed by atoms with Crippen LogP contribution in [0.5, 0.6) is 0 Å². The van der Waals surface area contributed by atoms with Crippen molar-refractivity contribution in [3.05, 3.63) is 0 Å². The lowest BCUT2D eigenvalue weighted by Crippen LogP contribution is -2.51. The number of ether oxygens (including phenoxy) is 2. The molecule has 1 aliphatic rings. The van der Waals surface area contributed by atoms with Gasteiger partial charge in [0.25, 0.3) is 0 Å². The molecule has 1 fully saturated rings. The molecule has 0 aromatic rings. The van der Waals surface area contributed by atoms with Crippen LogP contribution < -0.4 is 5.84 Å². The molecule has 3 amide bonds. The molecule has 0 atom stereocenters. The second-order valence-corrected chi connectivity index (χ2v) is 6.25. The summed E-state index contributed by atoms with van der Waals surface area (Å²) in [5, 5.41) is 0.277. The van der Waals surface area contributed by atoms with Crippen molar-refractivity contribution in [1.82, 2.24) is 9.91 Å². The number of rotatable bonds is 1. The highest BCUT2D eigenvalue weighted by atomic mass is 16.6. The van der Waals surface area contributed by atoms with Crippen LogP contribution in [0.25, 0.3) is 0 Å².